The van der Waals surface area contributed by atoms with Crippen molar-refractivity contribution in [2.45, 2.75) is 46.7 Å². The second-order valence-corrected chi connectivity index (χ2v) is 9.27. The van der Waals surface area contributed by atoms with E-state index in [0.29, 0.717) is 18.3 Å². The van der Waals surface area contributed by atoms with E-state index >= 15 is 0 Å². The molecule has 0 bridgehead atoms. The summed E-state index contributed by atoms with van der Waals surface area (Å²) in [6.07, 6.45) is 0.978. The van der Waals surface area contributed by atoms with Crippen LogP contribution < -0.4 is 5.32 Å². The minimum atomic E-state index is -0.403. The van der Waals surface area contributed by atoms with Crippen molar-refractivity contribution < 1.29 is 9.32 Å². The molecule has 5 rings (SSSR count). The number of urea groups is 1. The van der Waals surface area contributed by atoms with E-state index in [1.54, 1.807) is 4.90 Å². The zero-order valence-corrected chi connectivity index (χ0v) is 21.1. The molecule has 0 saturated carbocycles. The molecule has 0 saturated heterocycles. The van der Waals surface area contributed by atoms with E-state index in [2.05, 4.69) is 67.6 Å². The summed E-state index contributed by atoms with van der Waals surface area (Å²) in [4.78, 5) is 19.9. The third-order valence-corrected chi connectivity index (χ3v) is 6.92. The molecule has 6 nitrogen and oxygen atoms in total. The zero-order valence-electron chi connectivity index (χ0n) is 21.1. The summed E-state index contributed by atoms with van der Waals surface area (Å²) in [6.45, 7) is 8.69. The lowest BCUT2D eigenvalue weighted by molar-refractivity contribution is 0.203. The molecule has 4 aromatic rings. The lowest BCUT2D eigenvalue weighted by atomic mass is 9.92. The number of carbonyl (C=O) groups excluding carboxylic acids is 1. The van der Waals surface area contributed by atoms with Crippen LogP contribution >= 0.6 is 0 Å². The third-order valence-electron chi connectivity index (χ3n) is 6.92. The van der Waals surface area contributed by atoms with Gasteiger partial charge in [-0.05, 0) is 55.0 Å². The highest BCUT2D eigenvalue weighted by atomic mass is 16.5. The van der Waals surface area contributed by atoms with Gasteiger partial charge in [0.15, 0.2) is 0 Å². The fraction of sp³-hybridized carbons (Fsp3) is 0.233. The summed E-state index contributed by atoms with van der Waals surface area (Å²) < 4.78 is 5.80. The first-order valence-corrected chi connectivity index (χ1v) is 12.3. The first-order valence-electron chi connectivity index (χ1n) is 12.3. The molecule has 1 N–H and O–H groups in total. The molecule has 182 valence electrons. The standard InChI is InChI=1S/C30H30N4O2/c1-5-22-12-14-23(15-13-22)18-34-21(4)26(29-32-28(33-36-29)24-9-7-6-8-10-24)27(31-30(34)35)25-16-11-19(2)20(3)17-25/h6-17,27H,5,18H2,1-4H3,(H,31,35). The van der Waals surface area contributed by atoms with Crippen LogP contribution in [-0.4, -0.2) is 21.1 Å². The third kappa shape index (κ3) is 4.54. The van der Waals surface area contributed by atoms with Gasteiger partial charge >= 0.3 is 6.03 Å². The maximum atomic E-state index is 13.4. The number of hydrogen-bond donors (Lipinski definition) is 1. The van der Waals surface area contributed by atoms with Crippen LogP contribution in [0.1, 0.15) is 53.6 Å². The van der Waals surface area contributed by atoms with Gasteiger partial charge in [0.05, 0.1) is 18.2 Å². The number of hydrogen-bond acceptors (Lipinski definition) is 4. The molecule has 1 atom stereocenters. The fourth-order valence-electron chi connectivity index (χ4n) is 4.54. The predicted octanol–water partition coefficient (Wildman–Crippen LogP) is 6.61. The summed E-state index contributed by atoms with van der Waals surface area (Å²) in [5, 5.41) is 7.45. The first-order chi connectivity index (χ1) is 17.4. The Morgan fingerprint density at radius 1 is 0.917 bits per heavy atom. The van der Waals surface area contributed by atoms with Crippen LogP contribution in [0.15, 0.2) is 83.0 Å². The monoisotopic (exact) mass is 478 g/mol. The van der Waals surface area contributed by atoms with Crippen LogP contribution in [0.25, 0.3) is 17.0 Å². The Hall–Kier alpha value is -4.19. The van der Waals surface area contributed by atoms with Gasteiger partial charge in [0.2, 0.25) is 5.82 Å². The summed E-state index contributed by atoms with van der Waals surface area (Å²) in [7, 11) is 0. The molecular formula is C30H30N4O2. The quantitative estimate of drug-likeness (QED) is 0.338. The van der Waals surface area contributed by atoms with Gasteiger partial charge in [0.25, 0.3) is 5.89 Å². The highest BCUT2D eigenvalue weighted by Gasteiger charge is 2.36. The first kappa shape index (κ1) is 23.5. The van der Waals surface area contributed by atoms with Crippen molar-refractivity contribution in [1.29, 1.82) is 0 Å². The number of aromatic nitrogens is 2. The van der Waals surface area contributed by atoms with E-state index in [9.17, 15) is 4.79 Å². The van der Waals surface area contributed by atoms with E-state index in [1.807, 2.05) is 43.3 Å². The van der Waals surface area contributed by atoms with Gasteiger partial charge in [-0.15, -0.1) is 0 Å². The zero-order chi connectivity index (χ0) is 25.2. The number of carbonyl (C=O) groups is 1. The number of rotatable bonds is 6. The summed E-state index contributed by atoms with van der Waals surface area (Å²) in [6, 6.07) is 23.8. The van der Waals surface area contributed by atoms with Crippen molar-refractivity contribution in [2.24, 2.45) is 0 Å². The molecule has 36 heavy (non-hydrogen) atoms. The van der Waals surface area contributed by atoms with Crippen LogP contribution in [-0.2, 0) is 13.0 Å². The van der Waals surface area contributed by atoms with E-state index in [1.165, 1.54) is 11.1 Å². The van der Waals surface area contributed by atoms with Crippen molar-refractivity contribution >= 4 is 11.6 Å². The smallest absolute Gasteiger partial charge is 0.322 e. The predicted molar refractivity (Wildman–Crippen MR) is 141 cm³/mol. The van der Waals surface area contributed by atoms with Gasteiger partial charge in [-0.1, -0.05) is 84.9 Å². The largest absolute Gasteiger partial charge is 0.334 e. The maximum absolute atomic E-state index is 13.4. The second kappa shape index (κ2) is 9.82. The highest BCUT2D eigenvalue weighted by molar-refractivity contribution is 5.87. The average molecular weight is 479 g/mol. The number of benzene rings is 3. The normalized spacial score (nSPS) is 15.8. The van der Waals surface area contributed by atoms with Gasteiger partial charge in [-0.25, -0.2) is 4.79 Å². The molecule has 3 aromatic carbocycles. The van der Waals surface area contributed by atoms with E-state index in [4.69, 9.17) is 9.51 Å². The Kier molecular flexibility index (Phi) is 6.42. The van der Waals surface area contributed by atoms with Crippen LogP contribution in [0.4, 0.5) is 4.79 Å². The van der Waals surface area contributed by atoms with Gasteiger partial charge in [-0.3, -0.25) is 4.90 Å². The molecule has 2 heterocycles. The minimum Gasteiger partial charge on any atom is -0.334 e. The van der Waals surface area contributed by atoms with Crippen molar-refractivity contribution in [2.75, 3.05) is 0 Å². The van der Waals surface area contributed by atoms with E-state index in [0.717, 1.165) is 39.9 Å². The van der Waals surface area contributed by atoms with Gasteiger partial charge in [-0.2, -0.15) is 4.98 Å². The van der Waals surface area contributed by atoms with Gasteiger partial charge < -0.3 is 9.84 Å². The van der Waals surface area contributed by atoms with E-state index < -0.39 is 6.04 Å². The molecule has 0 aliphatic carbocycles. The molecule has 2 amide bonds. The SMILES string of the molecule is CCc1ccc(CN2C(=O)NC(c3ccc(C)c(C)c3)C(c3nc(-c4ccccc4)no3)=C2C)cc1. The molecule has 6 heteroatoms. The summed E-state index contributed by atoms with van der Waals surface area (Å²) >= 11 is 0. The molecule has 1 aliphatic heterocycles. The Balaban J connectivity index is 1.59. The lowest BCUT2D eigenvalue weighted by Gasteiger charge is -2.35. The summed E-state index contributed by atoms with van der Waals surface area (Å²) in [5.74, 6) is 0.921. The van der Waals surface area contributed by atoms with Crippen molar-refractivity contribution in [3.05, 3.63) is 112 Å². The van der Waals surface area contributed by atoms with Gasteiger partial charge in [0.1, 0.15) is 0 Å². The number of nitrogens with zero attached hydrogens (tertiary/aromatic N) is 3. The molecule has 0 spiro atoms. The van der Waals surface area contributed by atoms with Crippen molar-refractivity contribution in [1.82, 2.24) is 20.4 Å². The Morgan fingerprint density at radius 3 is 2.33 bits per heavy atom. The van der Waals surface area contributed by atoms with Gasteiger partial charge in [0, 0.05) is 11.3 Å². The summed E-state index contributed by atoms with van der Waals surface area (Å²) in [5.41, 5.74) is 8.14. The number of allylic oxidation sites excluding steroid dienone is 1. The lowest BCUT2D eigenvalue weighted by Crippen LogP contribution is -2.45. The second-order valence-electron chi connectivity index (χ2n) is 9.27. The number of nitrogens with one attached hydrogen (secondary N) is 1. The average Bonchev–Trinajstić information content (AvgIpc) is 3.38. The van der Waals surface area contributed by atoms with Crippen LogP contribution in [0.5, 0.6) is 0 Å². The molecule has 0 radical (unpaired) electrons. The Bertz CT molecular complexity index is 1420. The van der Waals surface area contributed by atoms with Crippen LogP contribution in [0, 0.1) is 13.8 Å². The Morgan fingerprint density at radius 2 is 1.64 bits per heavy atom. The molecule has 0 fully saturated rings. The number of aryl methyl sites for hydroxylation is 3. The van der Waals surface area contributed by atoms with E-state index in [-0.39, 0.29) is 6.03 Å². The number of amides is 2. The molecular weight excluding hydrogens is 448 g/mol. The Labute approximate surface area is 211 Å². The maximum Gasteiger partial charge on any atom is 0.322 e. The highest BCUT2D eigenvalue weighted by Crippen LogP contribution is 2.38. The van der Waals surface area contributed by atoms with Crippen molar-refractivity contribution in [3.63, 3.8) is 0 Å². The topological polar surface area (TPSA) is 71.3 Å². The van der Waals surface area contributed by atoms with Crippen LogP contribution in [0.3, 0.4) is 0 Å². The molecule has 1 unspecified atom stereocenters. The van der Waals surface area contributed by atoms with Crippen molar-refractivity contribution in [3.8, 4) is 11.4 Å². The fourth-order valence-corrected chi connectivity index (χ4v) is 4.54. The molecule has 1 aromatic heterocycles. The minimum absolute atomic E-state index is 0.151. The molecule has 1 aliphatic rings. The van der Waals surface area contributed by atoms with Crippen LogP contribution in [0.2, 0.25) is 0 Å².